The summed E-state index contributed by atoms with van der Waals surface area (Å²) >= 11 is 4.45. The smallest absolute Gasteiger partial charge is 0.194 e. The first-order valence-electron chi connectivity index (χ1n) is 4.73. The molecule has 2 rings (SSSR count). The maximum Gasteiger partial charge on any atom is 0.194 e. The molecule has 0 radical (unpaired) electrons. The highest BCUT2D eigenvalue weighted by Gasteiger charge is 2.11. The van der Waals surface area contributed by atoms with Crippen LogP contribution < -0.4 is 0 Å². The Morgan fingerprint density at radius 1 is 0.938 bits per heavy atom. The van der Waals surface area contributed by atoms with Crippen LogP contribution in [0.5, 0.6) is 0 Å². The van der Waals surface area contributed by atoms with E-state index in [1.165, 1.54) is 0 Å². The number of benzene rings is 2. The summed E-state index contributed by atoms with van der Waals surface area (Å²) in [6.07, 6.45) is 0. The van der Waals surface area contributed by atoms with Crippen molar-refractivity contribution in [1.82, 2.24) is 0 Å². The molecule has 80 valence electrons. The highest BCUT2D eigenvalue weighted by molar-refractivity contribution is 14.1. The second-order valence-electron chi connectivity index (χ2n) is 3.32. The van der Waals surface area contributed by atoms with Gasteiger partial charge in [-0.25, -0.2) is 0 Å². The van der Waals surface area contributed by atoms with Crippen LogP contribution in [-0.4, -0.2) is 5.78 Å². The Morgan fingerprint density at radius 3 is 2.25 bits per heavy atom. The highest BCUT2D eigenvalue weighted by Crippen LogP contribution is 2.19. The van der Waals surface area contributed by atoms with E-state index in [1.54, 1.807) is 0 Å². The summed E-state index contributed by atoms with van der Waals surface area (Å²) in [5.41, 5.74) is 1.51. The Morgan fingerprint density at radius 2 is 1.62 bits per heavy atom. The molecule has 3 heteroatoms. The molecular weight excluding hydrogens is 426 g/mol. The third kappa shape index (κ3) is 2.63. The van der Waals surface area contributed by atoms with Gasteiger partial charge in [-0.3, -0.25) is 4.79 Å². The van der Waals surface area contributed by atoms with E-state index in [0.717, 1.165) is 18.3 Å². The van der Waals surface area contributed by atoms with Gasteiger partial charge < -0.3 is 0 Å². The fraction of sp³-hybridized carbons (Fsp3) is 0. The van der Waals surface area contributed by atoms with Gasteiger partial charge in [-0.1, -0.05) is 30.3 Å². The van der Waals surface area contributed by atoms with Crippen molar-refractivity contribution in [1.29, 1.82) is 0 Å². The molecule has 0 unspecified atom stereocenters. The summed E-state index contributed by atoms with van der Waals surface area (Å²) in [6.45, 7) is 0. The molecule has 0 heterocycles. The van der Waals surface area contributed by atoms with Gasteiger partial charge in [0.1, 0.15) is 0 Å². The molecule has 2 aromatic carbocycles. The summed E-state index contributed by atoms with van der Waals surface area (Å²) in [6, 6.07) is 15.2. The van der Waals surface area contributed by atoms with Crippen LogP contribution in [0.25, 0.3) is 0 Å². The van der Waals surface area contributed by atoms with Crippen LogP contribution >= 0.6 is 45.2 Å². The minimum Gasteiger partial charge on any atom is -0.289 e. The van der Waals surface area contributed by atoms with Gasteiger partial charge in [0.2, 0.25) is 0 Å². The number of halogens is 2. The van der Waals surface area contributed by atoms with Crippen molar-refractivity contribution in [2.24, 2.45) is 0 Å². The van der Waals surface area contributed by atoms with Gasteiger partial charge in [0.05, 0.1) is 0 Å². The second-order valence-corrected chi connectivity index (χ2v) is 5.73. The maximum atomic E-state index is 12.2. The van der Waals surface area contributed by atoms with Gasteiger partial charge in [-0.05, 0) is 63.4 Å². The minimum absolute atomic E-state index is 0.0846. The lowest BCUT2D eigenvalue weighted by Gasteiger charge is -2.04. The van der Waals surface area contributed by atoms with E-state index in [0.29, 0.717) is 0 Å². The molecule has 0 bridgehead atoms. The molecule has 0 aliphatic heterocycles. The molecule has 0 amide bonds. The zero-order chi connectivity index (χ0) is 11.5. The monoisotopic (exact) mass is 434 g/mol. The van der Waals surface area contributed by atoms with E-state index in [-0.39, 0.29) is 5.78 Å². The Balaban J connectivity index is 2.42. The van der Waals surface area contributed by atoms with E-state index < -0.39 is 0 Å². The zero-order valence-corrected chi connectivity index (χ0v) is 12.6. The molecule has 16 heavy (non-hydrogen) atoms. The SMILES string of the molecule is O=C(c1ccccc1)c1ccc(I)cc1I. The van der Waals surface area contributed by atoms with Crippen LogP contribution in [0.2, 0.25) is 0 Å². The topological polar surface area (TPSA) is 17.1 Å². The highest BCUT2D eigenvalue weighted by atomic mass is 127. The summed E-state index contributed by atoms with van der Waals surface area (Å²) < 4.78 is 2.14. The Hall–Kier alpha value is -0.430. The molecule has 1 nitrogen and oxygen atoms in total. The molecule has 0 aliphatic carbocycles. The Labute approximate surface area is 122 Å². The molecule has 0 aliphatic rings. The van der Waals surface area contributed by atoms with Gasteiger partial charge in [0.15, 0.2) is 5.78 Å². The number of rotatable bonds is 2. The number of hydrogen-bond acceptors (Lipinski definition) is 1. The normalized spacial score (nSPS) is 10.1. The van der Waals surface area contributed by atoms with E-state index in [1.807, 2.05) is 48.5 Å². The van der Waals surface area contributed by atoms with Crippen molar-refractivity contribution in [2.45, 2.75) is 0 Å². The molecule has 0 aromatic heterocycles. The van der Waals surface area contributed by atoms with Crippen LogP contribution in [0.4, 0.5) is 0 Å². The van der Waals surface area contributed by atoms with Gasteiger partial charge >= 0.3 is 0 Å². The molecule has 0 N–H and O–H groups in total. The number of hydrogen-bond donors (Lipinski definition) is 0. The third-order valence-electron chi connectivity index (χ3n) is 2.21. The van der Waals surface area contributed by atoms with Crippen LogP contribution in [0.1, 0.15) is 15.9 Å². The molecule has 0 saturated carbocycles. The van der Waals surface area contributed by atoms with Crippen LogP contribution in [-0.2, 0) is 0 Å². The quantitative estimate of drug-likeness (QED) is 0.514. The summed E-state index contributed by atoms with van der Waals surface area (Å²) in [5.74, 6) is 0.0846. The largest absolute Gasteiger partial charge is 0.289 e. The van der Waals surface area contributed by atoms with Crippen LogP contribution in [0.3, 0.4) is 0 Å². The molecule has 0 atom stereocenters. The fourth-order valence-corrected chi connectivity index (χ4v) is 3.27. The van der Waals surface area contributed by atoms with E-state index in [2.05, 4.69) is 45.2 Å². The maximum absolute atomic E-state index is 12.2. The first kappa shape index (κ1) is 12.0. The summed E-state index contributed by atoms with van der Waals surface area (Å²) in [7, 11) is 0. The molecule has 2 aromatic rings. The minimum atomic E-state index is 0.0846. The first-order chi connectivity index (χ1) is 7.68. The van der Waals surface area contributed by atoms with Crippen LogP contribution in [0.15, 0.2) is 48.5 Å². The van der Waals surface area contributed by atoms with E-state index >= 15 is 0 Å². The summed E-state index contributed by atoms with van der Waals surface area (Å²) in [5, 5.41) is 0. The number of ketones is 1. The number of carbonyl (C=O) groups is 1. The van der Waals surface area contributed by atoms with E-state index in [9.17, 15) is 4.79 Å². The van der Waals surface area contributed by atoms with Gasteiger partial charge in [-0.15, -0.1) is 0 Å². The predicted molar refractivity (Wildman–Crippen MR) is 81.8 cm³/mol. The average Bonchev–Trinajstić information content (AvgIpc) is 2.29. The second kappa shape index (κ2) is 5.27. The third-order valence-corrected chi connectivity index (χ3v) is 3.78. The predicted octanol–water partition coefficient (Wildman–Crippen LogP) is 4.13. The lowest BCUT2D eigenvalue weighted by atomic mass is 10.0. The lowest BCUT2D eigenvalue weighted by molar-refractivity contribution is 0.103. The molecule has 0 fully saturated rings. The van der Waals surface area contributed by atoms with Crippen molar-refractivity contribution in [3.8, 4) is 0 Å². The Kier molecular flexibility index (Phi) is 3.96. The van der Waals surface area contributed by atoms with E-state index in [4.69, 9.17) is 0 Å². The lowest BCUT2D eigenvalue weighted by Crippen LogP contribution is -2.03. The average molecular weight is 434 g/mol. The van der Waals surface area contributed by atoms with Crippen molar-refractivity contribution in [3.63, 3.8) is 0 Å². The van der Waals surface area contributed by atoms with Gasteiger partial charge in [0.25, 0.3) is 0 Å². The van der Waals surface area contributed by atoms with Crippen LogP contribution in [0, 0.1) is 7.14 Å². The van der Waals surface area contributed by atoms with Crippen molar-refractivity contribution < 1.29 is 4.79 Å². The summed E-state index contributed by atoms with van der Waals surface area (Å²) in [4.78, 5) is 12.2. The van der Waals surface area contributed by atoms with Gasteiger partial charge in [-0.2, -0.15) is 0 Å². The Bertz CT molecular complexity index is 521. The van der Waals surface area contributed by atoms with Gasteiger partial charge in [0, 0.05) is 18.3 Å². The first-order valence-corrected chi connectivity index (χ1v) is 6.89. The molecule has 0 saturated heterocycles. The molecule has 0 spiro atoms. The molecular formula is C13H8I2O. The zero-order valence-electron chi connectivity index (χ0n) is 8.28. The van der Waals surface area contributed by atoms with Crippen molar-refractivity contribution >= 4 is 51.0 Å². The fourth-order valence-electron chi connectivity index (χ4n) is 1.42. The standard InChI is InChI=1S/C13H8I2O/c14-10-6-7-11(12(15)8-10)13(16)9-4-2-1-3-5-9/h1-8H. The van der Waals surface area contributed by atoms with Crippen molar-refractivity contribution in [2.75, 3.05) is 0 Å². The number of carbonyl (C=O) groups excluding carboxylic acids is 1. The van der Waals surface area contributed by atoms with Crippen molar-refractivity contribution in [3.05, 3.63) is 66.8 Å².